The minimum atomic E-state index is -0.214. The van der Waals surface area contributed by atoms with E-state index in [1.54, 1.807) is 22.9 Å². The fraction of sp³-hybridized carbons (Fsp3) is 0.412. The Kier molecular flexibility index (Phi) is 6.35. The zero-order valence-corrected chi connectivity index (χ0v) is 17.2. The predicted octanol–water partition coefficient (Wildman–Crippen LogP) is 5.06. The number of halogens is 3. The highest BCUT2D eigenvalue weighted by Crippen LogP contribution is 2.60. The number of ether oxygens (including phenoxy) is 1. The van der Waals surface area contributed by atoms with Crippen LogP contribution in [0.4, 0.5) is 0 Å². The van der Waals surface area contributed by atoms with Gasteiger partial charge in [0.25, 0.3) is 0 Å². The maximum Gasteiger partial charge on any atom is 0.310 e. The van der Waals surface area contributed by atoms with Gasteiger partial charge in [-0.25, -0.2) is 0 Å². The number of carbonyl (C=O) groups is 1. The zero-order valence-electron chi connectivity index (χ0n) is 13.3. The Balaban J connectivity index is 1.99. The number of carbonyl (C=O) groups excluding carboxylic acids is 1. The molecule has 0 aromatic carbocycles. The van der Waals surface area contributed by atoms with Crippen LogP contribution in [0, 0.1) is 28.6 Å². The van der Waals surface area contributed by atoms with Gasteiger partial charge in [-0.05, 0) is 49.3 Å². The summed E-state index contributed by atoms with van der Waals surface area (Å²) in [4.78, 5) is 12.3. The van der Waals surface area contributed by atoms with Gasteiger partial charge >= 0.3 is 5.97 Å². The molecule has 1 fully saturated rings. The van der Waals surface area contributed by atoms with E-state index in [-0.39, 0.29) is 29.8 Å². The number of allylic oxidation sites excluding steroid dienone is 2. The van der Waals surface area contributed by atoms with Crippen molar-refractivity contribution in [3.8, 4) is 6.07 Å². The van der Waals surface area contributed by atoms with Gasteiger partial charge in [0.15, 0.2) is 0 Å². The third-order valence-electron chi connectivity index (χ3n) is 4.31. The molecule has 7 heteroatoms. The van der Waals surface area contributed by atoms with Crippen LogP contribution in [0.15, 0.2) is 33.3 Å². The van der Waals surface area contributed by atoms with Crippen molar-refractivity contribution in [3.05, 3.63) is 44.6 Å². The molecule has 0 saturated heterocycles. The number of nitriles is 1. The lowest BCUT2D eigenvalue weighted by molar-refractivity contribution is -0.147. The second kappa shape index (κ2) is 7.90. The molecular formula is C17H17Br2ClN2O2. The fourth-order valence-corrected chi connectivity index (χ4v) is 3.51. The molecule has 2 rings (SSSR count). The van der Waals surface area contributed by atoms with Crippen LogP contribution in [0.3, 0.4) is 0 Å². The number of rotatable bonds is 6. The lowest BCUT2D eigenvalue weighted by atomic mass is 10.1. The lowest BCUT2D eigenvalue weighted by Crippen LogP contribution is -2.10. The van der Waals surface area contributed by atoms with Crippen molar-refractivity contribution in [2.24, 2.45) is 17.3 Å². The van der Waals surface area contributed by atoms with Gasteiger partial charge in [0, 0.05) is 23.8 Å². The molecule has 1 aromatic heterocycles. The second-order valence-electron chi connectivity index (χ2n) is 6.25. The number of nitrogens with zero attached hydrogens (tertiary/aromatic N) is 2. The zero-order chi connectivity index (χ0) is 17.9. The van der Waals surface area contributed by atoms with E-state index in [0.29, 0.717) is 12.2 Å². The molecule has 128 valence electrons. The van der Waals surface area contributed by atoms with Gasteiger partial charge in [-0.15, -0.1) is 0 Å². The van der Waals surface area contributed by atoms with E-state index >= 15 is 0 Å². The van der Waals surface area contributed by atoms with Crippen LogP contribution >= 0.6 is 43.5 Å². The molecule has 0 bridgehead atoms. The monoisotopic (exact) mass is 474 g/mol. The first-order chi connectivity index (χ1) is 11.3. The maximum atomic E-state index is 12.3. The summed E-state index contributed by atoms with van der Waals surface area (Å²) < 4.78 is 8.05. The van der Waals surface area contributed by atoms with Crippen LogP contribution in [0.25, 0.3) is 0 Å². The molecule has 1 aliphatic rings. The Bertz CT molecular complexity index is 727. The number of esters is 1. The maximum absolute atomic E-state index is 12.3. The van der Waals surface area contributed by atoms with Crippen molar-refractivity contribution in [2.75, 3.05) is 0 Å². The van der Waals surface area contributed by atoms with Crippen LogP contribution in [0.5, 0.6) is 0 Å². The van der Waals surface area contributed by atoms with Gasteiger partial charge in [0.1, 0.15) is 18.4 Å². The molecule has 0 radical (unpaired) electrons. The van der Waals surface area contributed by atoms with Crippen molar-refractivity contribution < 1.29 is 9.53 Å². The average molecular weight is 477 g/mol. The van der Waals surface area contributed by atoms with E-state index < -0.39 is 0 Å². The summed E-state index contributed by atoms with van der Waals surface area (Å²) in [6.45, 7) is 4.75. The Morgan fingerprint density at radius 1 is 1.54 bits per heavy atom. The normalized spacial score (nSPS) is 21.3. The van der Waals surface area contributed by atoms with Gasteiger partial charge in [-0.1, -0.05) is 37.6 Å². The highest BCUT2D eigenvalue weighted by atomic mass is 79.9. The van der Waals surface area contributed by atoms with Gasteiger partial charge in [-0.3, -0.25) is 4.79 Å². The Labute approximate surface area is 163 Å². The van der Waals surface area contributed by atoms with Crippen LogP contribution in [-0.4, -0.2) is 10.5 Å². The third-order valence-corrected chi connectivity index (χ3v) is 5.02. The van der Waals surface area contributed by atoms with E-state index in [1.807, 2.05) is 19.9 Å². The van der Waals surface area contributed by atoms with Crippen LogP contribution in [-0.2, 0) is 22.7 Å². The van der Waals surface area contributed by atoms with Crippen molar-refractivity contribution in [1.29, 1.82) is 5.26 Å². The summed E-state index contributed by atoms with van der Waals surface area (Å²) in [6.07, 6.45) is 5.52. The summed E-state index contributed by atoms with van der Waals surface area (Å²) in [7, 11) is 0. The molecule has 0 N–H and O–H groups in total. The Morgan fingerprint density at radius 2 is 2.25 bits per heavy atom. The molecule has 2 atom stereocenters. The first-order valence-electron chi connectivity index (χ1n) is 7.35. The minimum Gasteiger partial charge on any atom is -0.461 e. The number of hydrogen-bond donors (Lipinski definition) is 0. The SMILES string of the molecule is CC1(C)[C@H](C(=O)OCc2cc(C#N)n(CC=CCl)c2)[C@@H]1C=C(Br)Br. The average Bonchev–Trinajstić information content (AvgIpc) is 2.88. The van der Waals surface area contributed by atoms with Gasteiger partial charge in [-0.2, -0.15) is 5.26 Å². The van der Waals surface area contributed by atoms with Crippen LogP contribution in [0.2, 0.25) is 0 Å². The van der Waals surface area contributed by atoms with Crippen molar-refractivity contribution in [3.63, 3.8) is 0 Å². The topological polar surface area (TPSA) is 55.0 Å². The van der Waals surface area contributed by atoms with Crippen LogP contribution in [0.1, 0.15) is 25.1 Å². The first kappa shape index (κ1) is 19.3. The fourth-order valence-electron chi connectivity index (χ4n) is 2.86. The molecule has 1 aliphatic carbocycles. The summed E-state index contributed by atoms with van der Waals surface area (Å²) in [5, 5.41) is 9.14. The lowest BCUT2D eigenvalue weighted by Gasteiger charge is -2.04. The summed E-state index contributed by atoms with van der Waals surface area (Å²) in [5.41, 5.74) is 2.59. The summed E-state index contributed by atoms with van der Waals surface area (Å²) >= 11 is 12.2. The minimum absolute atomic E-state index is 0.112. The second-order valence-corrected chi connectivity index (χ2v) is 9.27. The molecule has 4 nitrogen and oxygen atoms in total. The largest absolute Gasteiger partial charge is 0.461 e. The van der Waals surface area contributed by atoms with Crippen molar-refractivity contribution >= 4 is 49.4 Å². The van der Waals surface area contributed by atoms with Crippen molar-refractivity contribution in [2.45, 2.75) is 27.0 Å². The third kappa shape index (κ3) is 4.33. The molecule has 1 aromatic rings. The van der Waals surface area contributed by atoms with Gasteiger partial charge < -0.3 is 9.30 Å². The Morgan fingerprint density at radius 3 is 2.83 bits per heavy atom. The molecule has 0 amide bonds. The molecule has 1 heterocycles. The molecule has 1 saturated carbocycles. The summed E-state index contributed by atoms with van der Waals surface area (Å²) in [6, 6.07) is 3.84. The first-order valence-corrected chi connectivity index (χ1v) is 9.37. The van der Waals surface area contributed by atoms with Crippen molar-refractivity contribution in [1.82, 2.24) is 4.57 Å². The molecule has 0 unspecified atom stereocenters. The smallest absolute Gasteiger partial charge is 0.310 e. The van der Waals surface area contributed by atoms with E-state index in [0.717, 1.165) is 8.96 Å². The van der Waals surface area contributed by atoms with Crippen LogP contribution < -0.4 is 0 Å². The quantitative estimate of drug-likeness (QED) is 0.540. The van der Waals surface area contributed by atoms with E-state index in [4.69, 9.17) is 21.6 Å². The van der Waals surface area contributed by atoms with E-state index in [1.165, 1.54) is 5.54 Å². The van der Waals surface area contributed by atoms with Gasteiger partial charge in [0.05, 0.1) is 9.31 Å². The standard InChI is InChI=1S/C17H17Br2ClN2O2/c1-17(2)13(7-14(18)19)15(17)16(23)24-10-11-6-12(8-21)22(9-11)5-3-4-20/h3-4,6-7,9,13,15H,5,10H2,1-2H3/t13-,15-/m0/s1. The highest BCUT2D eigenvalue weighted by Gasteiger charge is 2.61. The van der Waals surface area contributed by atoms with Gasteiger partial charge in [0.2, 0.25) is 0 Å². The Hall–Kier alpha value is -1.03. The molecule has 24 heavy (non-hydrogen) atoms. The highest BCUT2D eigenvalue weighted by molar-refractivity contribution is 9.28. The molecule has 0 aliphatic heterocycles. The van der Waals surface area contributed by atoms with E-state index in [2.05, 4.69) is 37.9 Å². The number of aromatic nitrogens is 1. The molecule has 0 spiro atoms. The predicted molar refractivity (Wildman–Crippen MR) is 101 cm³/mol. The van der Waals surface area contributed by atoms with E-state index in [9.17, 15) is 4.79 Å². The summed E-state index contributed by atoms with van der Waals surface area (Å²) in [5.74, 6) is -0.222. The number of hydrogen-bond acceptors (Lipinski definition) is 3. The molecular weight excluding hydrogens is 459 g/mol.